The van der Waals surface area contributed by atoms with Gasteiger partial charge < -0.3 is 10.0 Å². The van der Waals surface area contributed by atoms with Gasteiger partial charge in [0.25, 0.3) is 0 Å². The summed E-state index contributed by atoms with van der Waals surface area (Å²) in [6.07, 6.45) is 0. The summed E-state index contributed by atoms with van der Waals surface area (Å²) in [7, 11) is 2.03. The van der Waals surface area contributed by atoms with Crippen LogP contribution in [0.15, 0.2) is 0 Å². The van der Waals surface area contributed by atoms with E-state index in [2.05, 4.69) is 18.7 Å². The van der Waals surface area contributed by atoms with E-state index < -0.39 is 17.3 Å². The van der Waals surface area contributed by atoms with E-state index >= 15 is 0 Å². The first kappa shape index (κ1) is 16.0. The SMILES string of the molecule is CN1CCN(C(=O)C(C(=O)O)C(C)(C)C)CC1(C)C. The summed E-state index contributed by atoms with van der Waals surface area (Å²) < 4.78 is 0. The Morgan fingerprint density at radius 1 is 1.21 bits per heavy atom. The maximum atomic E-state index is 12.5. The zero-order valence-corrected chi connectivity index (χ0v) is 12.9. The quantitative estimate of drug-likeness (QED) is 0.768. The average Bonchev–Trinajstić information content (AvgIpc) is 2.19. The molecule has 5 nitrogen and oxygen atoms in total. The van der Waals surface area contributed by atoms with Crippen LogP contribution in [0.25, 0.3) is 0 Å². The number of hydrogen-bond donors (Lipinski definition) is 1. The van der Waals surface area contributed by atoms with Crippen LogP contribution in [0.5, 0.6) is 0 Å². The second kappa shape index (κ2) is 5.12. The number of hydrogen-bond acceptors (Lipinski definition) is 3. The normalized spacial score (nSPS) is 22.1. The Hall–Kier alpha value is -1.10. The number of rotatable bonds is 2. The molecule has 0 bridgehead atoms. The van der Waals surface area contributed by atoms with Gasteiger partial charge in [0.05, 0.1) is 0 Å². The number of carbonyl (C=O) groups is 2. The van der Waals surface area contributed by atoms with Crippen LogP contribution >= 0.6 is 0 Å². The standard InChI is InChI=1S/C14H26N2O3/c1-13(2,3)10(12(18)19)11(17)16-8-7-15(6)14(4,5)9-16/h10H,7-9H2,1-6H3,(H,18,19). The van der Waals surface area contributed by atoms with Gasteiger partial charge in [0.2, 0.25) is 5.91 Å². The number of carbonyl (C=O) groups excluding carboxylic acids is 1. The highest BCUT2D eigenvalue weighted by Crippen LogP contribution is 2.30. The second-order valence-electron chi connectivity index (χ2n) is 7.13. The molecule has 1 saturated heterocycles. The van der Waals surface area contributed by atoms with Gasteiger partial charge in [0.1, 0.15) is 5.92 Å². The van der Waals surface area contributed by atoms with Crippen LogP contribution in [-0.2, 0) is 9.59 Å². The van der Waals surface area contributed by atoms with Gasteiger partial charge in [-0.25, -0.2) is 0 Å². The Bertz CT molecular complexity index is 371. The highest BCUT2D eigenvalue weighted by molar-refractivity contribution is 5.97. The lowest BCUT2D eigenvalue weighted by Gasteiger charge is -2.46. The summed E-state index contributed by atoms with van der Waals surface area (Å²) in [5.74, 6) is -2.28. The average molecular weight is 270 g/mol. The molecule has 1 rings (SSSR count). The van der Waals surface area contributed by atoms with E-state index in [1.807, 2.05) is 7.05 Å². The molecule has 1 heterocycles. The van der Waals surface area contributed by atoms with Crippen molar-refractivity contribution in [2.24, 2.45) is 11.3 Å². The predicted octanol–water partition coefficient (Wildman–Crippen LogP) is 1.29. The molecule has 1 fully saturated rings. The maximum absolute atomic E-state index is 12.5. The molecule has 1 unspecified atom stereocenters. The monoisotopic (exact) mass is 270 g/mol. The van der Waals surface area contributed by atoms with E-state index in [1.54, 1.807) is 25.7 Å². The summed E-state index contributed by atoms with van der Waals surface area (Å²) in [5, 5.41) is 9.33. The third kappa shape index (κ3) is 3.47. The summed E-state index contributed by atoms with van der Waals surface area (Å²) in [6.45, 7) is 11.5. The first-order valence-corrected chi connectivity index (χ1v) is 6.69. The van der Waals surface area contributed by atoms with Crippen molar-refractivity contribution in [2.75, 3.05) is 26.7 Å². The highest BCUT2D eigenvalue weighted by Gasteiger charge is 2.43. The first-order valence-electron chi connectivity index (χ1n) is 6.69. The summed E-state index contributed by atoms with van der Waals surface area (Å²) in [5.41, 5.74) is -0.689. The Balaban J connectivity index is 2.91. The van der Waals surface area contributed by atoms with Gasteiger partial charge in [-0.1, -0.05) is 20.8 Å². The molecule has 0 aliphatic carbocycles. The number of carboxylic acids is 1. The molecule has 0 aromatic heterocycles. The molecule has 0 aromatic rings. The molecule has 1 N–H and O–H groups in total. The predicted molar refractivity (Wildman–Crippen MR) is 73.9 cm³/mol. The van der Waals surface area contributed by atoms with Gasteiger partial charge in [-0.15, -0.1) is 0 Å². The summed E-state index contributed by atoms with van der Waals surface area (Å²) >= 11 is 0. The molecule has 19 heavy (non-hydrogen) atoms. The third-order valence-electron chi connectivity index (χ3n) is 3.99. The van der Waals surface area contributed by atoms with Crippen molar-refractivity contribution in [1.82, 2.24) is 9.80 Å². The minimum Gasteiger partial charge on any atom is -0.481 e. The molecule has 1 amide bonds. The molecule has 0 aromatic carbocycles. The molecule has 0 spiro atoms. The summed E-state index contributed by atoms with van der Waals surface area (Å²) in [6, 6.07) is 0. The van der Waals surface area contributed by atoms with Gasteiger partial charge in [-0.2, -0.15) is 0 Å². The van der Waals surface area contributed by atoms with Crippen LogP contribution in [0.4, 0.5) is 0 Å². The van der Waals surface area contributed by atoms with Crippen LogP contribution in [0.3, 0.4) is 0 Å². The lowest BCUT2D eigenvalue weighted by atomic mass is 9.79. The van der Waals surface area contributed by atoms with Crippen LogP contribution < -0.4 is 0 Å². The maximum Gasteiger partial charge on any atom is 0.316 e. The molecule has 1 atom stereocenters. The van der Waals surface area contributed by atoms with Crippen molar-refractivity contribution < 1.29 is 14.7 Å². The van der Waals surface area contributed by atoms with Gasteiger partial charge in [-0.3, -0.25) is 14.5 Å². The molecular formula is C14H26N2O3. The molecule has 0 radical (unpaired) electrons. The van der Waals surface area contributed by atoms with Gasteiger partial charge in [0, 0.05) is 25.2 Å². The third-order valence-corrected chi connectivity index (χ3v) is 3.99. The number of aliphatic carboxylic acids is 1. The van der Waals surface area contributed by atoms with E-state index in [0.29, 0.717) is 13.1 Å². The minimum atomic E-state index is -1.03. The topological polar surface area (TPSA) is 60.9 Å². The number of piperazine rings is 1. The van der Waals surface area contributed by atoms with Crippen molar-refractivity contribution in [2.45, 2.75) is 40.2 Å². The van der Waals surface area contributed by atoms with Crippen LogP contribution in [-0.4, -0.2) is 59.0 Å². The Labute approximate surface area is 115 Å². The van der Waals surface area contributed by atoms with Crippen molar-refractivity contribution in [3.8, 4) is 0 Å². The molecule has 0 saturated carbocycles. The number of nitrogens with zero attached hydrogens (tertiary/aromatic N) is 2. The van der Waals surface area contributed by atoms with E-state index in [1.165, 1.54) is 0 Å². The van der Waals surface area contributed by atoms with Crippen molar-refractivity contribution in [1.29, 1.82) is 0 Å². The fourth-order valence-corrected chi connectivity index (χ4v) is 2.46. The molecular weight excluding hydrogens is 244 g/mol. The largest absolute Gasteiger partial charge is 0.481 e. The van der Waals surface area contributed by atoms with E-state index in [-0.39, 0.29) is 11.4 Å². The van der Waals surface area contributed by atoms with Gasteiger partial charge in [-0.05, 0) is 26.3 Å². The van der Waals surface area contributed by atoms with E-state index in [9.17, 15) is 14.7 Å². The molecule has 1 aliphatic heterocycles. The fraction of sp³-hybridized carbons (Fsp3) is 0.857. The summed E-state index contributed by atoms with van der Waals surface area (Å²) in [4.78, 5) is 27.8. The fourth-order valence-electron chi connectivity index (χ4n) is 2.46. The Kier molecular flexibility index (Phi) is 4.30. The Morgan fingerprint density at radius 2 is 1.74 bits per heavy atom. The van der Waals surface area contributed by atoms with Crippen molar-refractivity contribution in [3.05, 3.63) is 0 Å². The van der Waals surface area contributed by atoms with Crippen LogP contribution in [0.1, 0.15) is 34.6 Å². The zero-order chi connectivity index (χ0) is 15.0. The Morgan fingerprint density at radius 3 is 2.11 bits per heavy atom. The molecule has 110 valence electrons. The van der Waals surface area contributed by atoms with Gasteiger partial charge in [0.15, 0.2) is 0 Å². The van der Waals surface area contributed by atoms with E-state index in [0.717, 1.165) is 6.54 Å². The zero-order valence-electron chi connectivity index (χ0n) is 12.9. The van der Waals surface area contributed by atoms with Gasteiger partial charge >= 0.3 is 5.97 Å². The van der Waals surface area contributed by atoms with Crippen LogP contribution in [0, 0.1) is 11.3 Å². The number of amides is 1. The lowest BCUT2D eigenvalue weighted by Crippen LogP contribution is -2.60. The van der Waals surface area contributed by atoms with Crippen molar-refractivity contribution >= 4 is 11.9 Å². The van der Waals surface area contributed by atoms with E-state index in [4.69, 9.17) is 0 Å². The highest BCUT2D eigenvalue weighted by atomic mass is 16.4. The number of carboxylic acid groups (broad SMARTS) is 1. The smallest absolute Gasteiger partial charge is 0.316 e. The molecule has 1 aliphatic rings. The van der Waals surface area contributed by atoms with Crippen LogP contribution in [0.2, 0.25) is 0 Å². The first-order chi connectivity index (χ1) is 8.47. The molecule has 5 heteroatoms. The second-order valence-corrected chi connectivity index (χ2v) is 7.13. The number of likely N-dealkylation sites (N-methyl/N-ethyl adjacent to an activating group) is 1. The minimum absolute atomic E-state index is 0.116. The lowest BCUT2D eigenvalue weighted by molar-refractivity contribution is -0.158. The van der Waals surface area contributed by atoms with Crippen molar-refractivity contribution in [3.63, 3.8) is 0 Å².